The van der Waals surface area contributed by atoms with Crippen molar-refractivity contribution in [3.8, 4) is 11.5 Å². The van der Waals surface area contributed by atoms with Crippen LogP contribution in [0.3, 0.4) is 0 Å². The fourth-order valence-electron chi connectivity index (χ4n) is 4.46. The van der Waals surface area contributed by atoms with Crippen LogP contribution in [-0.2, 0) is 9.53 Å². The molecule has 1 amide bonds. The molecule has 2 aromatic carbocycles. The average Bonchev–Trinajstić information content (AvgIpc) is 3.63. The third-order valence-electron chi connectivity index (χ3n) is 6.46. The van der Waals surface area contributed by atoms with Crippen molar-refractivity contribution in [1.29, 1.82) is 0 Å². The highest BCUT2D eigenvalue weighted by Gasteiger charge is 2.31. The standard InChI is InChI=1S/C29H32N6O5S/c1-29(2,3)40-27(37)17-6-8-19(9-7-17)32-25(36)18-12-13-35(15-18)28-33-24(23-26(34-28)41-16-30-23)31-20-10-11-21(38-4)22(14-20)39-5/h6-11,14,16,18H,12-13,15H2,1-5H3,(H,32,36)(H,31,33,34). The Labute approximate surface area is 241 Å². The van der Waals surface area contributed by atoms with Crippen LogP contribution in [0.25, 0.3) is 10.3 Å². The molecule has 1 unspecified atom stereocenters. The van der Waals surface area contributed by atoms with Crippen LogP contribution in [0.4, 0.5) is 23.1 Å². The molecule has 1 aliphatic rings. The van der Waals surface area contributed by atoms with Gasteiger partial charge in [-0.1, -0.05) is 0 Å². The molecule has 2 aromatic heterocycles. The van der Waals surface area contributed by atoms with Crippen molar-refractivity contribution in [3.05, 3.63) is 53.5 Å². The van der Waals surface area contributed by atoms with Crippen molar-refractivity contribution in [3.63, 3.8) is 0 Å². The van der Waals surface area contributed by atoms with Crippen LogP contribution in [-0.4, -0.2) is 59.7 Å². The number of methoxy groups -OCH3 is 2. The van der Waals surface area contributed by atoms with Gasteiger partial charge in [0.2, 0.25) is 11.9 Å². The van der Waals surface area contributed by atoms with E-state index >= 15 is 0 Å². The lowest BCUT2D eigenvalue weighted by atomic mass is 10.1. The Balaban J connectivity index is 1.27. The highest BCUT2D eigenvalue weighted by atomic mass is 32.1. The maximum absolute atomic E-state index is 13.1. The molecule has 0 radical (unpaired) electrons. The zero-order chi connectivity index (χ0) is 29.1. The monoisotopic (exact) mass is 576 g/mol. The zero-order valence-electron chi connectivity index (χ0n) is 23.6. The van der Waals surface area contributed by atoms with Gasteiger partial charge in [0.1, 0.15) is 11.1 Å². The van der Waals surface area contributed by atoms with Gasteiger partial charge in [0.25, 0.3) is 0 Å². The van der Waals surface area contributed by atoms with E-state index in [4.69, 9.17) is 24.2 Å². The highest BCUT2D eigenvalue weighted by molar-refractivity contribution is 7.16. The van der Waals surface area contributed by atoms with Crippen LogP contribution in [0.2, 0.25) is 0 Å². The van der Waals surface area contributed by atoms with Crippen molar-refractivity contribution in [1.82, 2.24) is 15.0 Å². The first-order valence-electron chi connectivity index (χ1n) is 13.1. The molecule has 214 valence electrons. The molecule has 41 heavy (non-hydrogen) atoms. The number of thiazole rings is 1. The molecule has 3 heterocycles. The number of nitrogens with one attached hydrogen (secondary N) is 2. The van der Waals surface area contributed by atoms with Gasteiger partial charge in [0.15, 0.2) is 22.1 Å². The number of nitrogens with zero attached hydrogens (tertiary/aromatic N) is 4. The van der Waals surface area contributed by atoms with Gasteiger partial charge in [-0.3, -0.25) is 4.79 Å². The largest absolute Gasteiger partial charge is 0.493 e. The Hall–Kier alpha value is -4.45. The van der Waals surface area contributed by atoms with Crippen molar-refractivity contribution in [2.45, 2.75) is 32.8 Å². The van der Waals surface area contributed by atoms with Crippen molar-refractivity contribution >= 4 is 56.7 Å². The maximum Gasteiger partial charge on any atom is 0.338 e. The van der Waals surface area contributed by atoms with Gasteiger partial charge in [0, 0.05) is 30.5 Å². The smallest absolute Gasteiger partial charge is 0.338 e. The van der Waals surface area contributed by atoms with Crippen LogP contribution in [0.1, 0.15) is 37.6 Å². The molecule has 0 saturated carbocycles. The first-order valence-corrected chi connectivity index (χ1v) is 14.0. The molecule has 1 saturated heterocycles. The molecule has 0 bridgehead atoms. The first-order chi connectivity index (χ1) is 19.6. The Morgan fingerprint density at radius 1 is 1.00 bits per heavy atom. The van der Waals surface area contributed by atoms with Gasteiger partial charge < -0.3 is 29.7 Å². The third kappa shape index (κ3) is 6.49. The van der Waals surface area contributed by atoms with E-state index in [1.807, 2.05) is 43.9 Å². The van der Waals surface area contributed by atoms with E-state index in [0.29, 0.717) is 59.5 Å². The molecule has 5 rings (SSSR count). The Bertz CT molecular complexity index is 1570. The summed E-state index contributed by atoms with van der Waals surface area (Å²) >= 11 is 1.43. The highest BCUT2D eigenvalue weighted by Crippen LogP contribution is 2.34. The lowest BCUT2D eigenvalue weighted by molar-refractivity contribution is -0.119. The molecule has 12 heteroatoms. The minimum absolute atomic E-state index is 0.0972. The second-order valence-electron chi connectivity index (χ2n) is 10.6. The summed E-state index contributed by atoms with van der Waals surface area (Å²) in [6.07, 6.45) is 0.657. The number of fused-ring (bicyclic) bond motifs is 1. The molecule has 1 atom stereocenters. The van der Waals surface area contributed by atoms with Gasteiger partial charge >= 0.3 is 5.97 Å². The number of hydrogen-bond acceptors (Lipinski definition) is 11. The van der Waals surface area contributed by atoms with E-state index in [2.05, 4.69) is 15.6 Å². The average molecular weight is 577 g/mol. The van der Waals surface area contributed by atoms with E-state index in [1.54, 1.807) is 44.0 Å². The summed E-state index contributed by atoms with van der Waals surface area (Å²) in [5, 5.41) is 6.29. The van der Waals surface area contributed by atoms with Crippen molar-refractivity contribution in [2.24, 2.45) is 5.92 Å². The lowest BCUT2D eigenvalue weighted by Gasteiger charge is -2.19. The second kappa shape index (κ2) is 11.6. The van der Waals surface area contributed by atoms with Gasteiger partial charge in [-0.05, 0) is 63.6 Å². The van der Waals surface area contributed by atoms with Crippen molar-refractivity contribution < 1.29 is 23.8 Å². The Morgan fingerprint density at radius 2 is 1.73 bits per heavy atom. The van der Waals surface area contributed by atoms with E-state index in [-0.39, 0.29) is 11.8 Å². The minimum atomic E-state index is -0.577. The summed E-state index contributed by atoms with van der Waals surface area (Å²) in [6.45, 7) is 6.57. The Kier molecular flexibility index (Phi) is 7.93. The SMILES string of the molecule is COc1ccc(Nc2nc(N3CCC(C(=O)Nc4ccc(C(=O)OC(C)(C)C)cc4)C3)nc3scnc23)cc1OC. The molecule has 1 fully saturated rings. The predicted octanol–water partition coefficient (Wildman–Crippen LogP) is 5.27. The fraction of sp³-hybridized carbons (Fsp3) is 0.345. The van der Waals surface area contributed by atoms with Crippen LogP contribution >= 0.6 is 11.3 Å². The number of rotatable bonds is 8. The maximum atomic E-state index is 13.1. The number of carbonyl (C=O) groups excluding carboxylic acids is 2. The molecular formula is C29H32N6O5S. The third-order valence-corrected chi connectivity index (χ3v) is 7.18. The van der Waals surface area contributed by atoms with E-state index in [9.17, 15) is 9.59 Å². The predicted molar refractivity (Wildman–Crippen MR) is 159 cm³/mol. The number of benzene rings is 2. The number of amides is 1. The number of aromatic nitrogens is 3. The summed E-state index contributed by atoms with van der Waals surface area (Å²) in [7, 11) is 3.18. The quantitative estimate of drug-likeness (QED) is 0.268. The number of hydrogen-bond donors (Lipinski definition) is 2. The number of carbonyl (C=O) groups is 2. The lowest BCUT2D eigenvalue weighted by Crippen LogP contribution is -2.28. The first kappa shape index (κ1) is 28.1. The molecular weight excluding hydrogens is 544 g/mol. The van der Waals surface area contributed by atoms with Crippen LogP contribution < -0.4 is 25.0 Å². The number of anilines is 4. The summed E-state index contributed by atoms with van der Waals surface area (Å²) in [4.78, 5) is 42.1. The van der Waals surface area contributed by atoms with E-state index in [0.717, 1.165) is 10.5 Å². The Morgan fingerprint density at radius 3 is 2.44 bits per heavy atom. The molecule has 0 aliphatic carbocycles. The summed E-state index contributed by atoms with van der Waals surface area (Å²) < 4.78 is 16.2. The van der Waals surface area contributed by atoms with Gasteiger partial charge in [-0.25, -0.2) is 9.78 Å². The van der Waals surface area contributed by atoms with Gasteiger partial charge in [-0.15, -0.1) is 11.3 Å². The molecule has 0 spiro atoms. The number of ether oxygens (including phenoxy) is 3. The van der Waals surface area contributed by atoms with Crippen LogP contribution in [0, 0.1) is 5.92 Å². The molecule has 11 nitrogen and oxygen atoms in total. The number of esters is 1. The minimum Gasteiger partial charge on any atom is -0.493 e. The second-order valence-corrected chi connectivity index (χ2v) is 11.4. The topological polar surface area (TPSA) is 128 Å². The fourth-order valence-corrected chi connectivity index (χ4v) is 5.11. The van der Waals surface area contributed by atoms with Crippen LogP contribution in [0.15, 0.2) is 48.0 Å². The van der Waals surface area contributed by atoms with Gasteiger partial charge in [-0.2, -0.15) is 9.97 Å². The van der Waals surface area contributed by atoms with E-state index < -0.39 is 11.6 Å². The van der Waals surface area contributed by atoms with Crippen molar-refractivity contribution in [2.75, 3.05) is 42.8 Å². The molecule has 4 aromatic rings. The van der Waals surface area contributed by atoms with Crippen LogP contribution in [0.5, 0.6) is 11.5 Å². The normalized spacial score (nSPS) is 15.0. The van der Waals surface area contributed by atoms with E-state index in [1.165, 1.54) is 11.3 Å². The molecule has 2 N–H and O–H groups in total. The summed E-state index contributed by atoms with van der Waals surface area (Å²) in [5.41, 5.74) is 3.63. The van der Waals surface area contributed by atoms with Gasteiger partial charge in [0.05, 0.1) is 31.2 Å². The zero-order valence-corrected chi connectivity index (χ0v) is 24.4. The summed E-state index contributed by atoms with van der Waals surface area (Å²) in [5.74, 6) is 1.57. The molecule has 1 aliphatic heterocycles. The summed E-state index contributed by atoms with van der Waals surface area (Å²) in [6, 6.07) is 12.2.